The van der Waals surface area contributed by atoms with Crippen molar-refractivity contribution in [1.29, 1.82) is 0 Å². The summed E-state index contributed by atoms with van der Waals surface area (Å²) in [7, 11) is 0. The van der Waals surface area contributed by atoms with E-state index in [1.807, 2.05) is 43.0 Å². The third kappa shape index (κ3) is 6.09. The number of urea groups is 1. The Kier molecular flexibility index (Phi) is 8.08. The Bertz CT molecular complexity index is 860. The predicted molar refractivity (Wildman–Crippen MR) is 130 cm³/mol. The lowest BCUT2D eigenvalue weighted by Gasteiger charge is -2.41. The minimum atomic E-state index is -0.397. The summed E-state index contributed by atoms with van der Waals surface area (Å²) in [5.74, 6) is 1.43. The molecule has 34 heavy (non-hydrogen) atoms. The zero-order chi connectivity index (χ0) is 24.1. The number of hydrogen-bond acceptors (Lipinski definition) is 5. The molecule has 0 bridgehead atoms. The van der Waals surface area contributed by atoms with Crippen LogP contribution in [-0.2, 0) is 4.79 Å². The lowest BCUT2D eigenvalue weighted by molar-refractivity contribution is -0.139. The smallest absolute Gasteiger partial charge is 0.318 e. The van der Waals surface area contributed by atoms with Crippen molar-refractivity contribution < 1.29 is 19.1 Å². The Morgan fingerprint density at radius 1 is 1.06 bits per heavy atom. The lowest BCUT2D eigenvalue weighted by Crippen LogP contribution is -2.60. The van der Waals surface area contributed by atoms with Crippen molar-refractivity contribution in [3.05, 3.63) is 29.8 Å². The fourth-order valence-electron chi connectivity index (χ4n) is 4.85. The molecule has 0 unspecified atom stereocenters. The molecule has 2 saturated heterocycles. The zero-order valence-electron chi connectivity index (χ0n) is 20.5. The van der Waals surface area contributed by atoms with E-state index in [-0.39, 0.29) is 29.6 Å². The summed E-state index contributed by atoms with van der Waals surface area (Å²) in [5, 5.41) is 2.87. The molecule has 0 aromatic heterocycles. The number of hydrogen-bond donors (Lipinski definition) is 1. The second kappa shape index (κ2) is 11.2. The van der Waals surface area contributed by atoms with Crippen LogP contribution in [0.5, 0.6) is 5.75 Å². The predicted octanol–water partition coefficient (Wildman–Crippen LogP) is 2.63. The van der Waals surface area contributed by atoms with E-state index in [0.29, 0.717) is 32.8 Å². The first-order chi connectivity index (χ1) is 16.4. The van der Waals surface area contributed by atoms with Crippen LogP contribution in [-0.4, -0.2) is 90.9 Å². The maximum atomic E-state index is 13.3. The van der Waals surface area contributed by atoms with Crippen molar-refractivity contribution in [1.82, 2.24) is 20.0 Å². The van der Waals surface area contributed by atoms with Gasteiger partial charge in [0, 0.05) is 57.3 Å². The largest absolute Gasteiger partial charge is 0.494 e. The highest BCUT2D eigenvalue weighted by Gasteiger charge is 2.37. The van der Waals surface area contributed by atoms with Gasteiger partial charge >= 0.3 is 6.03 Å². The number of Topliss-reactive ketones (excluding diaryl/α,β-unsaturated/α-hetero) is 1. The quantitative estimate of drug-likeness (QED) is 0.420. The number of benzene rings is 1. The van der Waals surface area contributed by atoms with Crippen LogP contribution in [0.3, 0.4) is 0 Å². The van der Waals surface area contributed by atoms with Crippen molar-refractivity contribution in [3.63, 3.8) is 0 Å². The van der Waals surface area contributed by atoms with E-state index in [2.05, 4.69) is 10.2 Å². The summed E-state index contributed by atoms with van der Waals surface area (Å²) in [4.78, 5) is 43.7. The Hall–Kier alpha value is -2.61. The van der Waals surface area contributed by atoms with Crippen LogP contribution in [0.15, 0.2) is 24.3 Å². The monoisotopic (exact) mass is 470 g/mol. The van der Waals surface area contributed by atoms with Gasteiger partial charge in [-0.05, 0) is 55.9 Å². The van der Waals surface area contributed by atoms with Crippen LogP contribution >= 0.6 is 0 Å². The van der Waals surface area contributed by atoms with Gasteiger partial charge in [-0.1, -0.05) is 13.8 Å². The van der Waals surface area contributed by atoms with Crippen LogP contribution < -0.4 is 10.1 Å². The van der Waals surface area contributed by atoms with E-state index in [4.69, 9.17) is 4.74 Å². The SMILES string of the molecule is CC(C)[C@@H](C(=O)N1CCN(CCCOc2ccc(C(=O)C3CC3)cc2)CC1)N1CCCNC1=O. The van der Waals surface area contributed by atoms with Gasteiger partial charge in [-0.25, -0.2) is 4.79 Å². The molecule has 2 heterocycles. The zero-order valence-corrected chi connectivity index (χ0v) is 20.5. The molecule has 8 nitrogen and oxygen atoms in total. The number of carbonyl (C=O) groups excluding carboxylic acids is 3. The first-order valence-corrected chi connectivity index (χ1v) is 12.8. The summed E-state index contributed by atoms with van der Waals surface area (Å²) >= 11 is 0. The molecule has 3 amide bonds. The van der Waals surface area contributed by atoms with Crippen molar-refractivity contribution in [2.45, 2.75) is 45.6 Å². The molecule has 3 aliphatic rings. The van der Waals surface area contributed by atoms with Gasteiger partial charge in [-0.15, -0.1) is 0 Å². The Morgan fingerprint density at radius 3 is 2.38 bits per heavy atom. The van der Waals surface area contributed by atoms with Crippen LogP contribution in [0.2, 0.25) is 0 Å². The van der Waals surface area contributed by atoms with Gasteiger partial charge in [-0.2, -0.15) is 0 Å². The molecule has 4 rings (SSSR count). The second-order valence-corrected chi connectivity index (χ2v) is 10.00. The first-order valence-electron chi connectivity index (χ1n) is 12.8. The maximum absolute atomic E-state index is 13.3. The van der Waals surface area contributed by atoms with E-state index in [9.17, 15) is 14.4 Å². The third-order valence-corrected chi connectivity index (χ3v) is 6.99. The van der Waals surface area contributed by atoms with Gasteiger partial charge in [0.1, 0.15) is 11.8 Å². The molecule has 1 aliphatic carbocycles. The molecule has 8 heteroatoms. The van der Waals surface area contributed by atoms with E-state index in [1.165, 1.54) is 0 Å². The fourth-order valence-corrected chi connectivity index (χ4v) is 4.85. The topological polar surface area (TPSA) is 82.2 Å². The highest BCUT2D eigenvalue weighted by molar-refractivity contribution is 5.99. The Balaban J connectivity index is 1.17. The Morgan fingerprint density at radius 2 is 1.76 bits per heavy atom. The molecule has 0 radical (unpaired) electrons. The Labute approximate surface area is 202 Å². The average molecular weight is 471 g/mol. The molecule has 1 saturated carbocycles. The van der Waals surface area contributed by atoms with Crippen LogP contribution in [0.1, 0.15) is 49.9 Å². The number of carbonyl (C=O) groups is 3. The second-order valence-electron chi connectivity index (χ2n) is 10.00. The summed E-state index contributed by atoms with van der Waals surface area (Å²) in [5.41, 5.74) is 0.780. The number of ether oxygens (including phenoxy) is 1. The van der Waals surface area contributed by atoms with Crippen LogP contribution in [0.25, 0.3) is 0 Å². The number of nitrogens with zero attached hydrogens (tertiary/aromatic N) is 3. The summed E-state index contributed by atoms with van der Waals surface area (Å²) < 4.78 is 5.86. The molecule has 1 N–H and O–H groups in total. The van der Waals surface area contributed by atoms with Gasteiger partial charge in [0.25, 0.3) is 0 Å². The van der Waals surface area contributed by atoms with Gasteiger partial charge in [0.05, 0.1) is 6.61 Å². The summed E-state index contributed by atoms with van der Waals surface area (Å²) in [6, 6.07) is 6.97. The number of piperazine rings is 1. The van der Waals surface area contributed by atoms with Gasteiger partial charge in [0.15, 0.2) is 5.78 Å². The highest BCUT2D eigenvalue weighted by Crippen LogP contribution is 2.32. The van der Waals surface area contributed by atoms with Crippen molar-refractivity contribution >= 4 is 17.7 Å². The van der Waals surface area contributed by atoms with Crippen LogP contribution in [0, 0.1) is 11.8 Å². The lowest BCUT2D eigenvalue weighted by atomic mass is 9.99. The van der Waals surface area contributed by atoms with Gasteiger partial charge in [0.2, 0.25) is 5.91 Å². The number of rotatable bonds is 10. The van der Waals surface area contributed by atoms with Gasteiger partial charge in [-0.3, -0.25) is 14.5 Å². The van der Waals surface area contributed by atoms with Crippen molar-refractivity contribution in [3.8, 4) is 5.75 Å². The van der Waals surface area contributed by atoms with Gasteiger partial charge < -0.3 is 19.9 Å². The van der Waals surface area contributed by atoms with Crippen molar-refractivity contribution in [2.24, 2.45) is 11.8 Å². The van der Waals surface area contributed by atoms with Crippen molar-refractivity contribution in [2.75, 3.05) is 52.4 Å². The van der Waals surface area contributed by atoms with Crippen LogP contribution in [0.4, 0.5) is 4.79 Å². The van der Waals surface area contributed by atoms with E-state index >= 15 is 0 Å². The first kappa shape index (κ1) is 24.5. The molecule has 1 atom stereocenters. The maximum Gasteiger partial charge on any atom is 0.318 e. The highest BCUT2D eigenvalue weighted by atomic mass is 16.5. The number of nitrogens with one attached hydrogen (secondary N) is 1. The minimum absolute atomic E-state index is 0.0682. The fraction of sp³-hybridized carbons (Fsp3) is 0.654. The minimum Gasteiger partial charge on any atom is -0.494 e. The molecule has 1 aromatic rings. The number of ketones is 1. The number of amides is 3. The standard InChI is InChI=1S/C26H38N4O4/c1-19(2)23(30-13-3-11-27-26(30)33)25(32)29-16-14-28(15-17-29)12-4-18-34-22-9-7-21(8-10-22)24(31)20-5-6-20/h7-10,19-20,23H,3-6,11-18H2,1-2H3,(H,27,33)/t23-/m0/s1. The molecule has 2 aliphatic heterocycles. The average Bonchev–Trinajstić information content (AvgIpc) is 3.69. The van der Waals surface area contributed by atoms with E-state index < -0.39 is 6.04 Å². The third-order valence-electron chi connectivity index (χ3n) is 6.99. The summed E-state index contributed by atoms with van der Waals surface area (Å²) in [6.45, 7) is 9.93. The summed E-state index contributed by atoms with van der Waals surface area (Å²) in [6.07, 6.45) is 3.82. The van der Waals surface area contributed by atoms with E-state index in [0.717, 1.165) is 56.6 Å². The molecule has 0 spiro atoms. The molecule has 1 aromatic carbocycles. The normalized spacial score (nSPS) is 20.3. The molecule has 186 valence electrons. The molecule has 3 fully saturated rings. The molecular formula is C26H38N4O4. The van der Waals surface area contributed by atoms with E-state index in [1.54, 1.807) is 4.90 Å². The molecular weight excluding hydrogens is 432 g/mol.